The summed E-state index contributed by atoms with van der Waals surface area (Å²) < 4.78 is 37.3. The first kappa shape index (κ1) is 15.3. The van der Waals surface area contributed by atoms with Gasteiger partial charge in [-0.1, -0.05) is 30.3 Å². The van der Waals surface area contributed by atoms with E-state index in [4.69, 9.17) is 0 Å². The monoisotopic (exact) mass is 286 g/mol. The van der Waals surface area contributed by atoms with E-state index in [1.54, 1.807) is 0 Å². The van der Waals surface area contributed by atoms with Gasteiger partial charge in [-0.3, -0.25) is 4.90 Å². The molecule has 5 heteroatoms. The van der Waals surface area contributed by atoms with Crippen LogP contribution >= 0.6 is 0 Å². The van der Waals surface area contributed by atoms with Crippen LogP contribution in [-0.2, 0) is 0 Å². The Kier molecular flexibility index (Phi) is 5.05. The van der Waals surface area contributed by atoms with Crippen molar-refractivity contribution in [1.29, 1.82) is 0 Å². The van der Waals surface area contributed by atoms with Gasteiger partial charge in [-0.05, 0) is 25.5 Å². The summed E-state index contributed by atoms with van der Waals surface area (Å²) in [6.07, 6.45) is -3.94. The van der Waals surface area contributed by atoms with Gasteiger partial charge in [-0.25, -0.2) is 0 Å². The van der Waals surface area contributed by atoms with Crippen LogP contribution in [0.2, 0.25) is 0 Å². The van der Waals surface area contributed by atoms with Crippen molar-refractivity contribution < 1.29 is 13.2 Å². The molecule has 0 radical (unpaired) electrons. The highest BCUT2D eigenvalue weighted by Gasteiger charge is 2.30. The number of hydrogen-bond donors (Lipinski definition) is 1. The molecule has 0 amide bonds. The molecule has 1 saturated heterocycles. The van der Waals surface area contributed by atoms with Crippen molar-refractivity contribution >= 4 is 0 Å². The lowest BCUT2D eigenvalue weighted by Crippen LogP contribution is -2.38. The second kappa shape index (κ2) is 6.59. The minimum Gasteiger partial charge on any atom is -0.309 e. The molecule has 0 aliphatic carbocycles. The van der Waals surface area contributed by atoms with Crippen LogP contribution in [-0.4, -0.2) is 36.8 Å². The third-order valence-corrected chi connectivity index (χ3v) is 3.88. The molecule has 1 N–H and O–H groups in total. The second-order valence-electron chi connectivity index (χ2n) is 5.42. The van der Waals surface area contributed by atoms with Crippen LogP contribution < -0.4 is 5.32 Å². The van der Waals surface area contributed by atoms with Gasteiger partial charge in [0.2, 0.25) is 0 Å². The number of halogens is 3. The molecule has 0 bridgehead atoms. The molecule has 1 heterocycles. The lowest BCUT2D eigenvalue weighted by molar-refractivity contribution is -0.139. The van der Waals surface area contributed by atoms with Crippen molar-refractivity contribution in [3.05, 3.63) is 35.9 Å². The van der Waals surface area contributed by atoms with E-state index in [9.17, 15) is 13.2 Å². The van der Waals surface area contributed by atoms with Gasteiger partial charge in [0.1, 0.15) is 0 Å². The lowest BCUT2D eigenvalue weighted by atomic mass is 10.1. The van der Waals surface area contributed by atoms with Crippen molar-refractivity contribution in [2.24, 2.45) is 0 Å². The fourth-order valence-electron chi connectivity index (χ4n) is 2.62. The Morgan fingerprint density at radius 1 is 1.25 bits per heavy atom. The topological polar surface area (TPSA) is 15.3 Å². The van der Waals surface area contributed by atoms with E-state index in [0.717, 1.165) is 18.5 Å². The van der Waals surface area contributed by atoms with E-state index < -0.39 is 12.6 Å². The molecule has 0 saturated carbocycles. The Morgan fingerprint density at radius 2 is 1.95 bits per heavy atom. The van der Waals surface area contributed by atoms with Crippen LogP contribution in [0.4, 0.5) is 13.2 Å². The fraction of sp³-hybridized carbons (Fsp3) is 0.600. The molecule has 2 rings (SSSR count). The van der Waals surface area contributed by atoms with E-state index in [1.807, 2.05) is 42.2 Å². The summed E-state index contributed by atoms with van der Waals surface area (Å²) in [5.41, 5.74) is 1.14. The first-order chi connectivity index (χ1) is 9.46. The third kappa shape index (κ3) is 4.49. The fourth-order valence-corrected chi connectivity index (χ4v) is 2.62. The van der Waals surface area contributed by atoms with Crippen molar-refractivity contribution in [2.45, 2.75) is 38.0 Å². The zero-order chi connectivity index (χ0) is 14.6. The molecule has 20 heavy (non-hydrogen) atoms. The molecule has 0 aromatic heterocycles. The molecule has 1 aliphatic heterocycles. The summed E-state index contributed by atoms with van der Waals surface area (Å²) in [6.45, 7) is 3.55. The number of rotatable bonds is 3. The molecule has 1 aromatic rings. The molecular formula is C15H21F3N2. The number of hydrogen-bond acceptors (Lipinski definition) is 2. The molecule has 1 aromatic carbocycles. The lowest BCUT2D eigenvalue weighted by Gasteiger charge is -2.29. The number of nitrogens with zero attached hydrogens (tertiary/aromatic N) is 1. The van der Waals surface area contributed by atoms with Gasteiger partial charge in [0.25, 0.3) is 0 Å². The van der Waals surface area contributed by atoms with Crippen molar-refractivity contribution in [3.63, 3.8) is 0 Å². The van der Waals surface area contributed by atoms with Gasteiger partial charge in [0.15, 0.2) is 0 Å². The van der Waals surface area contributed by atoms with Crippen molar-refractivity contribution in [1.82, 2.24) is 10.2 Å². The van der Waals surface area contributed by atoms with Crippen LogP contribution in [0.5, 0.6) is 0 Å². The Balaban J connectivity index is 2.02. The molecule has 2 atom stereocenters. The van der Waals surface area contributed by atoms with Gasteiger partial charge in [-0.15, -0.1) is 0 Å². The van der Waals surface area contributed by atoms with E-state index in [2.05, 4.69) is 5.32 Å². The van der Waals surface area contributed by atoms with E-state index in [-0.39, 0.29) is 18.6 Å². The molecule has 2 nitrogen and oxygen atoms in total. The first-order valence-electron chi connectivity index (χ1n) is 7.05. The summed E-state index contributed by atoms with van der Waals surface area (Å²) in [5, 5.41) is 3.43. The van der Waals surface area contributed by atoms with E-state index >= 15 is 0 Å². The number of benzene rings is 1. The molecule has 0 spiro atoms. The molecule has 1 aliphatic rings. The zero-order valence-electron chi connectivity index (χ0n) is 11.7. The molecular weight excluding hydrogens is 265 g/mol. The SMILES string of the molecule is CC1CCNC(c2ccccc2)CN1CCC(F)(F)F. The maximum Gasteiger partial charge on any atom is 0.390 e. The summed E-state index contributed by atoms with van der Waals surface area (Å²) in [5.74, 6) is 0. The van der Waals surface area contributed by atoms with Gasteiger partial charge in [0.05, 0.1) is 6.42 Å². The molecule has 1 fully saturated rings. The minimum absolute atomic E-state index is 0.0790. The van der Waals surface area contributed by atoms with Crippen LogP contribution in [0.1, 0.15) is 31.4 Å². The number of alkyl halides is 3. The van der Waals surface area contributed by atoms with E-state index in [0.29, 0.717) is 6.54 Å². The predicted octanol–water partition coefficient (Wildman–Crippen LogP) is 3.36. The Hall–Kier alpha value is -1.07. The summed E-state index contributed by atoms with van der Waals surface area (Å²) in [4.78, 5) is 1.95. The van der Waals surface area contributed by atoms with Gasteiger partial charge >= 0.3 is 6.18 Å². The quantitative estimate of drug-likeness (QED) is 0.916. The minimum atomic E-state index is -4.08. The highest BCUT2D eigenvalue weighted by molar-refractivity contribution is 5.19. The average molecular weight is 286 g/mol. The Labute approximate surface area is 118 Å². The highest BCUT2D eigenvalue weighted by Crippen LogP contribution is 2.24. The molecule has 112 valence electrons. The van der Waals surface area contributed by atoms with Gasteiger partial charge < -0.3 is 5.32 Å². The maximum atomic E-state index is 12.4. The first-order valence-corrected chi connectivity index (χ1v) is 7.05. The maximum absolute atomic E-state index is 12.4. The Morgan fingerprint density at radius 3 is 2.60 bits per heavy atom. The largest absolute Gasteiger partial charge is 0.390 e. The zero-order valence-corrected chi connectivity index (χ0v) is 11.7. The van der Waals surface area contributed by atoms with Crippen molar-refractivity contribution in [2.75, 3.05) is 19.6 Å². The van der Waals surface area contributed by atoms with E-state index in [1.165, 1.54) is 0 Å². The Bertz CT molecular complexity index is 405. The van der Waals surface area contributed by atoms with Crippen LogP contribution in [0.15, 0.2) is 30.3 Å². The van der Waals surface area contributed by atoms with Crippen molar-refractivity contribution in [3.8, 4) is 0 Å². The average Bonchev–Trinajstić information content (AvgIpc) is 2.59. The highest BCUT2D eigenvalue weighted by atomic mass is 19.4. The third-order valence-electron chi connectivity index (χ3n) is 3.88. The standard InChI is InChI=1S/C15H21F3N2/c1-12-7-9-19-14(13-5-3-2-4-6-13)11-20(12)10-8-15(16,17)18/h2-6,12,14,19H,7-11H2,1H3. The smallest absolute Gasteiger partial charge is 0.309 e. The second-order valence-corrected chi connectivity index (χ2v) is 5.42. The van der Waals surface area contributed by atoms with Crippen LogP contribution in [0.25, 0.3) is 0 Å². The summed E-state index contributed by atoms with van der Waals surface area (Å²) >= 11 is 0. The van der Waals surface area contributed by atoms with Gasteiger partial charge in [-0.2, -0.15) is 13.2 Å². The molecule has 2 unspecified atom stereocenters. The summed E-state index contributed by atoms with van der Waals surface area (Å²) in [7, 11) is 0. The van der Waals surface area contributed by atoms with Gasteiger partial charge in [0, 0.05) is 25.2 Å². The van der Waals surface area contributed by atoms with Crippen LogP contribution in [0.3, 0.4) is 0 Å². The normalized spacial score (nSPS) is 25.4. The van der Waals surface area contributed by atoms with Crippen LogP contribution in [0, 0.1) is 0 Å². The number of nitrogens with one attached hydrogen (secondary N) is 1. The predicted molar refractivity (Wildman–Crippen MR) is 73.5 cm³/mol. The summed E-state index contributed by atoms with van der Waals surface area (Å²) in [6, 6.07) is 10.2.